The van der Waals surface area contributed by atoms with Gasteiger partial charge in [0.25, 0.3) is 0 Å². The van der Waals surface area contributed by atoms with Gasteiger partial charge in [0.05, 0.1) is 17.9 Å². The summed E-state index contributed by atoms with van der Waals surface area (Å²) in [6.45, 7) is 7.73. The van der Waals surface area contributed by atoms with E-state index in [1.165, 1.54) is 0 Å². The van der Waals surface area contributed by atoms with Crippen molar-refractivity contribution in [3.8, 4) is 11.3 Å². The van der Waals surface area contributed by atoms with E-state index in [4.69, 9.17) is 10.2 Å². The first-order chi connectivity index (χ1) is 11.0. The maximum absolute atomic E-state index is 9.00. The van der Waals surface area contributed by atoms with E-state index < -0.39 is 0 Å². The predicted octanol–water partition coefficient (Wildman–Crippen LogP) is 3.48. The van der Waals surface area contributed by atoms with Gasteiger partial charge >= 0.3 is 0 Å². The third-order valence-electron chi connectivity index (χ3n) is 3.52. The number of aromatic nitrogens is 2. The fourth-order valence-electron chi connectivity index (χ4n) is 2.05. The van der Waals surface area contributed by atoms with E-state index in [2.05, 4.69) is 16.0 Å². The fraction of sp³-hybridized carbons (Fsp3) is 0.474. The third-order valence-corrected chi connectivity index (χ3v) is 3.52. The van der Waals surface area contributed by atoms with E-state index in [0.29, 0.717) is 6.42 Å². The Morgan fingerprint density at radius 2 is 1.71 bits per heavy atom. The van der Waals surface area contributed by atoms with Crippen LogP contribution in [0, 0.1) is 19.9 Å². The Labute approximate surface area is 158 Å². The van der Waals surface area contributed by atoms with Gasteiger partial charge < -0.3 is 15.2 Å². The van der Waals surface area contributed by atoms with Crippen LogP contribution in [0.4, 0.5) is 0 Å². The number of aryl methyl sites for hydroxylation is 2. The van der Waals surface area contributed by atoms with Crippen LogP contribution < -0.4 is 0 Å². The molecule has 1 aromatic carbocycles. The van der Waals surface area contributed by atoms with Crippen LogP contribution in [0.1, 0.15) is 44.5 Å². The molecule has 2 rings (SSSR count). The molecule has 5 heteroatoms. The molecule has 0 aliphatic heterocycles. The first-order valence-corrected chi connectivity index (χ1v) is 8.11. The van der Waals surface area contributed by atoms with Gasteiger partial charge in [-0.05, 0) is 33.1 Å². The molecule has 0 aliphatic rings. The van der Waals surface area contributed by atoms with Crippen LogP contribution in [0.15, 0.2) is 30.5 Å². The van der Waals surface area contributed by atoms with Crippen molar-refractivity contribution in [3.05, 3.63) is 47.9 Å². The summed E-state index contributed by atoms with van der Waals surface area (Å²) in [4.78, 5) is 8.72. The number of aliphatic hydroxyl groups excluding tert-OH is 2. The molecular weight excluding hydrogens is 480 g/mol. The van der Waals surface area contributed by atoms with Crippen LogP contribution >= 0.6 is 0 Å². The molecule has 135 valence electrons. The second-order valence-electron chi connectivity index (χ2n) is 5.58. The molecule has 1 radical (unpaired) electrons. The summed E-state index contributed by atoms with van der Waals surface area (Å²) in [7, 11) is 0. The van der Waals surface area contributed by atoms with E-state index in [-0.39, 0.29) is 32.3 Å². The topological polar surface area (TPSA) is 66.2 Å². The normalized spacial score (nSPS) is 12.4. The number of nitrogens with zero attached hydrogens (tertiary/aromatic N) is 2. The molecule has 0 bridgehead atoms. The zero-order valence-corrected chi connectivity index (χ0v) is 17.2. The van der Waals surface area contributed by atoms with Gasteiger partial charge in [-0.3, -0.25) is 4.98 Å². The average molecular weight is 508 g/mol. The maximum Gasteiger partial charge on any atom is 0.0562 e. The zero-order chi connectivity index (χ0) is 17.2. The Balaban J connectivity index is 0.000000468. The predicted molar refractivity (Wildman–Crippen MR) is 93.0 cm³/mol. The van der Waals surface area contributed by atoms with Crippen LogP contribution in [0.25, 0.3) is 11.3 Å². The van der Waals surface area contributed by atoms with E-state index in [1.807, 2.05) is 52.0 Å². The minimum atomic E-state index is -0.319. The molecule has 0 amide bonds. The SMILES string of the molecule is CCC(O)CC(O)CC.Cc1cnc(-c2[c-]cccc2)c(C)n1.[Ir]. The van der Waals surface area contributed by atoms with Crippen molar-refractivity contribution in [2.45, 2.75) is 59.2 Å². The molecule has 2 aromatic rings. The van der Waals surface area contributed by atoms with Gasteiger partial charge in [0.15, 0.2) is 0 Å². The average Bonchev–Trinajstić information content (AvgIpc) is 2.56. The second kappa shape index (κ2) is 12.3. The molecule has 2 atom stereocenters. The van der Waals surface area contributed by atoms with Gasteiger partial charge in [-0.2, -0.15) is 0 Å². The molecule has 0 spiro atoms. The molecule has 4 nitrogen and oxygen atoms in total. The van der Waals surface area contributed by atoms with Crippen LogP contribution in [-0.2, 0) is 20.1 Å². The molecule has 0 saturated carbocycles. The summed E-state index contributed by atoms with van der Waals surface area (Å²) in [5, 5.41) is 18.0. The van der Waals surface area contributed by atoms with E-state index in [1.54, 1.807) is 6.20 Å². The second-order valence-corrected chi connectivity index (χ2v) is 5.58. The molecule has 0 aliphatic carbocycles. The zero-order valence-electron chi connectivity index (χ0n) is 14.8. The van der Waals surface area contributed by atoms with E-state index in [0.717, 1.165) is 35.5 Å². The summed E-state index contributed by atoms with van der Waals surface area (Å²) >= 11 is 0. The fourth-order valence-corrected chi connectivity index (χ4v) is 2.05. The summed E-state index contributed by atoms with van der Waals surface area (Å²) < 4.78 is 0. The first kappa shape index (κ1) is 22.9. The van der Waals surface area contributed by atoms with E-state index in [9.17, 15) is 0 Å². The van der Waals surface area contributed by atoms with Crippen LogP contribution in [0.3, 0.4) is 0 Å². The van der Waals surface area contributed by atoms with Gasteiger partial charge in [0, 0.05) is 37.7 Å². The third kappa shape index (κ3) is 8.11. The maximum atomic E-state index is 9.00. The first-order valence-electron chi connectivity index (χ1n) is 8.11. The van der Waals surface area contributed by atoms with Crippen molar-refractivity contribution in [2.75, 3.05) is 0 Å². The van der Waals surface area contributed by atoms with Crippen molar-refractivity contribution in [3.63, 3.8) is 0 Å². The number of hydrogen-bond donors (Lipinski definition) is 2. The Hall–Kier alpha value is -1.13. The number of hydrogen-bond acceptors (Lipinski definition) is 4. The molecular formula is C19H27IrN2O2-. The van der Waals surface area contributed by atoms with E-state index >= 15 is 0 Å². The van der Waals surface area contributed by atoms with Gasteiger partial charge in [-0.15, -0.1) is 35.9 Å². The minimum Gasteiger partial charge on any atom is -0.393 e. The molecule has 1 aromatic heterocycles. The number of aliphatic hydroxyl groups is 2. The summed E-state index contributed by atoms with van der Waals surface area (Å²) in [6, 6.07) is 10.9. The number of rotatable bonds is 5. The Morgan fingerprint density at radius 1 is 1.08 bits per heavy atom. The van der Waals surface area contributed by atoms with Gasteiger partial charge in [-0.25, -0.2) is 0 Å². The number of benzene rings is 1. The van der Waals surface area contributed by atoms with Crippen molar-refractivity contribution < 1.29 is 30.3 Å². The largest absolute Gasteiger partial charge is 0.393 e. The van der Waals surface area contributed by atoms with Gasteiger partial charge in [0.2, 0.25) is 0 Å². The molecule has 2 unspecified atom stereocenters. The van der Waals surface area contributed by atoms with Crippen LogP contribution in [0.2, 0.25) is 0 Å². The van der Waals surface area contributed by atoms with Gasteiger partial charge in [-0.1, -0.05) is 13.8 Å². The summed E-state index contributed by atoms with van der Waals surface area (Å²) in [5.41, 5.74) is 3.81. The Morgan fingerprint density at radius 3 is 2.17 bits per heavy atom. The quantitative estimate of drug-likeness (QED) is 0.609. The van der Waals surface area contributed by atoms with Crippen molar-refractivity contribution >= 4 is 0 Å². The standard InChI is InChI=1S/C12H11N2.C7H16O2.Ir/c1-9-8-13-12(10(2)14-9)11-6-4-3-5-7-11;1-3-6(8)5-7(9)4-2;/h3-6,8H,1-2H3;6-9H,3-5H2,1-2H3;/q-1;;. The Bertz CT molecular complexity index is 571. The molecule has 24 heavy (non-hydrogen) atoms. The molecule has 2 N–H and O–H groups in total. The molecule has 1 heterocycles. The molecule has 0 fully saturated rings. The Kier molecular flexibility index (Phi) is 11.7. The van der Waals surface area contributed by atoms with Crippen molar-refractivity contribution in [1.82, 2.24) is 9.97 Å². The minimum absolute atomic E-state index is 0. The summed E-state index contributed by atoms with van der Waals surface area (Å²) in [6.07, 6.45) is 3.13. The molecule has 0 saturated heterocycles. The van der Waals surface area contributed by atoms with Crippen LogP contribution in [0.5, 0.6) is 0 Å². The van der Waals surface area contributed by atoms with Crippen molar-refractivity contribution in [1.29, 1.82) is 0 Å². The smallest absolute Gasteiger partial charge is 0.0562 e. The van der Waals surface area contributed by atoms with Gasteiger partial charge in [0.1, 0.15) is 0 Å². The van der Waals surface area contributed by atoms with Crippen molar-refractivity contribution in [2.24, 2.45) is 0 Å². The summed E-state index contributed by atoms with van der Waals surface area (Å²) in [5.74, 6) is 0. The van der Waals surface area contributed by atoms with Crippen LogP contribution in [-0.4, -0.2) is 32.4 Å². The monoisotopic (exact) mass is 508 g/mol.